The van der Waals surface area contributed by atoms with E-state index in [1.807, 2.05) is 12.1 Å². The molecule has 1 fully saturated rings. The fraction of sp³-hybridized carbons (Fsp3) is 0.562. The summed E-state index contributed by atoms with van der Waals surface area (Å²) in [5, 5.41) is 15.8. The van der Waals surface area contributed by atoms with Crippen LogP contribution in [0, 0.1) is 5.92 Å². The van der Waals surface area contributed by atoms with Crippen molar-refractivity contribution < 1.29 is 14.6 Å². The molecule has 2 unspecified atom stereocenters. The molecule has 1 aromatic carbocycles. The number of anilines is 1. The van der Waals surface area contributed by atoms with Crippen molar-refractivity contribution in [2.24, 2.45) is 5.92 Å². The molecule has 3 N–H and O–H groups in total. The number of methoxy groups -OCH3 is 1. The lowest BCUT2D eigenvalue weighted by atomic mass is 9.86. The molecule has 5 heteroatoms. The number of carbonyl (C=O) groups is 1. The molecule has 1 saturated carbocycles. The molecule has 1 aromatic rings. The normalized spacial score (nSPS) is 21.8. The highest BCUT2D eigenvalue weighted by Crippen LogP contribution is 2.23. The highest BCUT2D eigenvalue weighted by Gasteiger charge is 2.22. The van der Waals surface area contributed by atoms with Crippen LogP contribution in [0.25, 0.3) is 0 Å². The molecule has 5 nitrogen and oxygen atoms in total. The molecule has 0 heterocycles. The van der Waals surface area contributed by atoms with Gasteiger partial charge in [-0.2, -0.15) is 0 Å². The third-order valence-corrected chi connectivity index (χ3v) is 3.93. The molecule has 1 aliphatic carbocycles. The first-order valence-corrected chi connectivity index (χ1v) is 7.51. The van der Waals surface area contributed by atoms with Gasteiger partial charge in [0.15, 0.2) is 0 Å². The van der Waals surface area contributed by atoms with Gasteiger partial charge in [-0.1, -0.05) is 12.8 Å². The zero-order valence-corrected chi connectivity index (χ0v) is 12.5. The van der Waals surface area contributed by atoms with Crippen molar-refractivity contribution >= 4 is 11.6 Å². The molecule has 1 amide bonds. The Hall–Kier alpha value is -1.59. The van der Waals surface area contributed by atoms with Crippen molar-refractivity contribution in [1.29, 1.82) is 0 Å². The summed E-state index contributed by atoms with van der Waals surface area (Å²) < 4.78 is 5.07. The van der Waals surface area contributed by atoms with Crippen LogP contribution in [0.5, 0.6) is 5.75 Å². The first-order chi connectivity index (χ1) is 10.2. The number of nitrogens with one attached hydrogen (secondary N) is 2. The van der Waals surface area contributed by atoms with Crippen molar-refractivity contribution in [2.45, 2.75) is 31.8 Å². The average molecular weight is 292 g/mol. The maximum Gasteiger partial charge on any atom is 0.238 e. The highest BCUT2D eigenvalue weighted by atomic mass is 16.5. The summed E-state index contributed by atoms with van der Waals surface area (Å²) in [6, 6.07) is 7.23. The molecule has 0 saturated heterocycles. The van der Waals surface area contributed by atoms with E-state index in [0.717, 1.165) is 30.7 Å². The number of ether oxygens (including phenoxy) is 1. The summed E-state index contributed by atoms with van der Waals surface area (Å²) in [5.41, 5.74) is 0.750. The number of hydrogen-bond donors (Lipinski definition) is 3. The van der Waals surface area contributed by atoms with Crippen LogP contribution in [0.15, 0.2) is 24.3 Å². The van der Waals surface area contributed by atoms with E-state index in [1.54, 1.807) is 19.2 Å². The fourth-order valence-corrected chi connectivity index (χ4v) is 2.68. The number of hydrogen-bond acceptors (Lipinski definition) is 4. The fourth-order valence-electron chi connectivity index (χ4n) is 2.68. The Morgan fingerprint density at radius 2 is 2.00 bits per heavy atom. The van der Waals surface area contributed by atoms with Crippen LogP contribution in [0.1, 0.15) is 25.7 Å². The average Bonchev–Trinajstić information content (AvgIpc) is 2.50. The molecule has 0 aromatic heterocycles. The summed E-state index contributed by atoms with van der Waals surface area (Å²) in [5.74, 6) is 0.954. The van der Waals surface area contributed by atoms with E-state index < -0.39 is 0 Å². The van der Waals surface area contributed by atoms with E-state index in [0.29, 0.717) is 6.54 Å². The molecular formula is C16H24N2O3. The van der Waals surface area contributed by atoms with Crippen LogP contribution < -0.4 is 15.4 Å². The molecule has 2 atom stereocenters. The van der Waals surface area contributed by atoms with Gasteiger partial charge in [0.25, 0.3) is 0 Å². The van der Waals surface area contributed by atoms with E-state index in [9.17, 15) is 9.90 Å². The van der Waals surface area contributed by atoms with Crippen LogP contribution in [-0.4, -0.2) is 37.3 Å². The standard InChI is InChI=1S/C16H24N2O3/c1-21-14-8-6-13(7-9-14)18-16(20)11-17-10-12-4-2-3-5-15(12)19/h6-9,12,15,17,19H,2-5,10-11H2,1H3,(H,18,20). The van der Waals surface area contributed by atoms with Crippen molar-refractivity contribution in [2.75, 3.05) is 25.5 Å². The van der Waals surface area contributed by atoms with Crippen LogP contribution in [0.3, 0.4) is 0 Å². The number of benzene rings is 1. The zero-order valence-electron chi connectivity index (χ0n) is 12.5. The monoisotopic (exact) mass is 292 g/mol. The summed E-state index contributed by atoms with van der Waals surface area (Å²) in [7, 11) is 1.61. The molecular weight excluding hydrogens is 268 g/mol. The van der Waals surface area contributed by atoms with Crippen molar-refractivity contribution in [3.05, 3.63) is 24.3 Å². The molecule has 116 valence electrons. The lowest BCUT2D eigenvalue weighted by Crippen LogP contribution is -2.37. The van der Waals surface area contributed by atoms with Crippen molar-refractivity contribution in [3.63, 3.8) is 0 Å². The van der Waals surface area contributed by atoms with E-state index in [1.165, 1.54) is 6.42 Å². The second kappa shape index (κ2) is 8.00. The number of aliphatic hydroxyl groups is 1. The van der Waals surface area contributed by atoms with Gasteiger partial charge in [-0.3, -0.25) is 4.79 Å². The Labute approximate surface area is 125 Å². The Balaban J connectivity index is 1.69. The number of carbonyl (C=O) groups excluding carboxylic acids is 1. The summed E-state index contributed by atoms with van der Waals surface area (Å²) in [4.78, 5) is 11.8. The Morgan fingerprint density at radius 3 is 2.67 bits per heavy atom. The van der Waals surface area contributed by atoms with Crippen molar-refractivity contribution in [1.82, 2.24) is 5.32 Å². The summed E-state index contributed by atoms with van der Waals surface area (Å²) in [6.07, 6.45) is 3.96. The summed E-state index contributed by atoms with van der Waals surface area (Å²) in [6.45, 7) is 0.951. The van der Waals surface area contributed by atoms with Gasteiger partial charge in [-0.05, 0) is 43.0 Å². The maximum absolute atomic E-state index is 11.8. The van der Waals surface area contributed by atoms with Gasteiger partial charge in [0.05, 0.1) is 19.8 Å². The lowest BCUT2D eigenvalue weighted by molar-refractivity contribution is -0.115. The maximum atomic E-state index is 11.8. The Kier molecular flexibility index (Phi) is 6.02. The zero-order chi connectivity index (χ0) is 15.1. The smallest absolute Gasteiger partial charge is 0.238 e. The van der Waals surface area contributed by atoms with E-state index in [2.05, 4.69) is 10.6 Å². The lowest BCUT2D eigenvalue weighted by Gasteiger charge is -2.27. The largest absolute Gasteiger partial charge is 0.497 e. The van der Waals surface area contributed by atoms with Gasteiger partial charge >= 0.3 is 0 Å². The topological polar surface area (TPSA) is 70.6 Å². The third kappa shape index (κ3) is 5.02. The predicted octanol–water partition coefficient (Wildman–Crippen LogP) is 1.77. The number of aliphatic hydroxyl groups excluding tert-OH is 1. The predicted molar refractivity (Wildman–Crippen MR) is 82.5 cm³/mol. The van der Waals surface area contributed by atoms with Gasteiger partial charge in [0.2, 0.25) is 5.91 Å². The van der Waals surface area contributed by atoms with E-state index in [4.69, 9.17) is 4.74 Å². The first kappa shape index (κ1) is 15.8. The molecule has 0 spiro atoms. The minimum absolute atomic E-state index is 0.0783. The second-order valence-corrected chi connectivity index (χ2v) is 5.52. The van der Waals surface area contributed by atoms with Gasteiger partial charge < -0.3 is 20.5 Å². The van der Waals surface area contributed by atoms with Crippen molar-refractivity contribution in [3.8, 4) is 5.75 Å². The second-order valence-electron chi connectivity index (χ2n) is 5.52. The molecule has 0 bridgehead atoms. The molecule has 1 aliphatic rings. The third-order valence-electron chi connectivity index (χ3n) is 3.93. The minimum Gasteiger partial charge on any atom is -0.497 e. The van der Waals surface area contributed by atoms with Crippen LogP contribution in [-0.2, 0) is 4.79 Å². The Bertz CT molecular complexity index is 447. The first-order valence-electron chi connectivity index (χ1n) is 7.51. The molecule has 2 rings (SSSR count). The van der Waals surface area contributed by atoms with Gasteiger partial charge in [-0.15, -0.1) is 0 Å². The number of amides is 1. The molecule has 21 heavy (non-hydrogen) atoms. The van der Waals surface area contributed by atoms with E-state index in [-0.39, 0.29) is 24.5 Å². The van der Waals surface area contributed by atoms with Crippen LogP contribution in [0.4, 0.5) is 5.69 Å². The van der Waals surface area contributed by atoms with Crippen LogP contribution in [0.2, 0.25) is 0 Å². The number of rotatable bonds is 6. The van der Waals surface area contributed by atoms with Gasteiger partial charge in [-0.25, -0.2) is 0 Å². The highest BCUT2D eigenvalue weighted by molar-refractivity contribution is 5.92. The quantitative estimate of drug-likeness (QED) is 0.747. The minimum atomic E-state index is -0.226. The summed E-state index contributed by atoms with van der Waals surface area (Å²) >= 11 is 0. The van der Waals surface area contributed by atoms with Gasteiger partial charge in [0.1, 0.15) is 5.75 Å². The van der Waals surface area contributed by atoms with Crippen LogP contribution >= 0.6 is 0 Å². The van der Waals surface area contributed by atoms with E-state index >= 15 is 0 Å². The Morgan fingerprint density at radius 1 is 1.29 bits per heavy atom. The van der Waals surface area contributed by atoms with Gasteiger partial charge in [0, 0.05) is 12.2 Å². The molecule has 0 radical (unpaired) electrons. The SMILES string of the molecule is COc1ccc(NC(=O)CNCC2CCCCC2O)cc1. The molecule has 0 aliphatic heterocycles.